The number of carbonyl (C=O) groups excluding carboxylic acids is 1. The zero-order valence-corrected chi connectivity index (χ0v) is 14.8. The van der Waals surface area contributed by atoms with E-state index in [9.17, 15) is 9.90 Å². The quantitative estimate of drug-likeness (QED) is 0.638. The van der Waals surface area contributed by atoms with Gasteiger partial charge in [0.05, 0.1) is 11.6 Å². The van der Waals surface area contributed by atoms with Crippen LogP contribution in [0.25, 0.3) is 0 Å². The predicted octanol–water partition coefficient (Wildman–Crippen LogP) is 3.13. The molecule has 0 saturated carbocycles. The summed E-state index contributed by atoms with van der Waals surface area (Å²) in [5.74, 6) is -0.0285. The molecule has 6 heteroatoms. The van der Waals surface area contributed by atoms with Crippen molar-refractivity contribution in [3.8, 4) is 5.75 Å². The molecule has 0 aromatic heterocycles. The third-order valence-electron chi connectivity index (χ3n) is 4.13. The molecular formula is C19H19N3O2S. The van der Waals surface area contributed by atoms with Crippen molar-refractivity contribution >= 4 is 28.9 Å². The topological polar surface area (TPSA) is 73.4 Å². The van der Waals surface area contributed by atoms with Gasteiger partial charge in [-0.1, -0.05) is 30.3 Å². The van der Waals surface area contributed by atoms with Crippen LogP contribution >= 0.6 is 12.2 Å². The van der Waals surface area contributed by atoms with E-state index in [2.05, 4.69) is 16.0 Å². The van der Waals surface area contributed by atoms with Gasteiger partial charge < -0.3 is 21.1 Å². The lowest BCUT2D eigenvalue weighted by Gasteiger charge is -2.30. The van der Waals surface area contributed by atoms with Crippen LogP contribution in [0.5, 0.6) is 5.75 Å². The number of benzene rings is 2. The SMILES string of the molecule is CC1=C(C(=O)Nc2ccccc2C)[C@H](c2ccc(O)cc2)NC(=S)N1. The number of hydrogen-bond acceptors (Lipinski definition) is 3. The summed E-state index contributed by atoms with van der Waals surface area (Å²) in [5.41, 5.74) is 3.86. The number of anilines is 1. The molecule has 0 bridgehead atoms. The number of allylic oxidation sites excluding steroid dienone is 1. The Morgan fingerprint density at radius 2 is 1.80 bits per heavy atom. The molecule has 1 aliphatic rings. The van der Waals surface area contributed by atoms with Crippen LogP contribution in [0.15, 0.2) is 59.8 Å². The van der Waals surface area contributed by atoms with Gasteiger partial charge in [-0.2, -0.15) is 0 Å². The molecule has 5 nitrogen and oxygen atoms in total. The number of rotatable bonds is 3. The van der Waals surface area contributed by atoms with Crippen LogP contribution in [0, 0.1) is 6.92 Å². The molecule has 0 aliphatic carbocycles. The van der Waals surface area contributed by atoms with Crippen molar-refractivity contribution in [1.29, 1.82) is 0 Å². The average molecular weight is 353 g/mol. The Kier molecular flexibility index (Phi) is 4.72. The maximum absolute atomic E-state index is 12.9. The summed E-state index contributed by atoms with van der Waals surface area (Å²) in [7, 11) is 0. The first kappa shape index (κ1) is 17.0. The summed E-state index contributed by atoms with van der Waals surface area (Å²) >= 11 is 5.24. The number of para-hydroxylation sites is 1. The van der Waals surface area contributed by atoms with E-state index >= 15 is 0 Å². The van der Waals surface area contributed by atoms with E-state index in [0.29, 0.717) is 16.4 Å². The molecule has 0 unspecified atom stereocenters. The Hall–Kier alpha value is -2.86. The second-order valence-corrected chi connectivity index (χ2v) is 6.34. The molecule has 4 N–H and O–H groups in total. The minimum Gasteiger partial charge on any atom is -0.508 e. The molecule has 0 radical (unpaired) electrons. The van der Waals surface area contributed by atoms with Gasteiger partial charge in [-0.3, -0.25) is 4.79 Å². The monoisotopic (exact) mass is 353 g/mol. The third-order valence-corrected chi connectivity index (χ3v) is 4.35. The van der Waals surface area contributed by atoms with Crippen LogP contribution in [0.2, 0.25) is 0 Å². The molecule has 2 aromatic rings. The number of nitrogens with one attached hydrogen (secondary N) is 3. The van der Waals surface area contributed by atoms with E-state index in [1.807, 2.05) is 38.1 Å². The zero-order chi connectivity index (χ0) is 18.0. The van der Waals surface area contributed by atoms with Crippen LogP contribution in [0.4, 0.5) is 5.69 Å². The Bertz CT molecular complexity index is 859. The van der Waals surface area contributed by atoms with Gasteiger partial charge in [0.15, 0.2) is 5.11 Å². The lowest BCUT2D eigenvalue weighted by atomic mass is 9.94. The molecule has 1 atom stereocenters. The Labute approximate surface area is 151 Å². The van der Waals surface area contributed by atoms with E-state index in [1.165, 1.54) is 0 Å². The number of thiocarbonyl (C=S) groups is 1. The largest absolute Gasteiger partial charge is 0.508 e. The van der Waals surface area contributed by atoms with E-state index in [4.69, 9.17) is 12.2 Å². The molecule has 1 amide bonds. The normalized spacial score (nSPS) is 16.9. The minimum absolute atomic E-state index is 0.173. The van der Waals surface area contributed by atoms with Gasteiger partial charge in [0.2, 0.25) is 0 Å². The fourth-order valence-corrected chi connectivity index (χ4v) is 3.09. The van der Waals surface area contributed by atoms with E-state index < -0.39 is 6.04 Å². The fraction of sp³-hybridized carbons (Fsp3) is 0.158. The molecule has 25 heavy (non-hydrogen) atoms. The summed E-state index contributed by atoms with van der Waals surface area (Å²) in [6.07, 6.45) is 0. The van der Waals surface area contributed by atoms with Crippen molar-refractivity contribution < 1.29 is 9.90 Å². The number of phenols is 1. The summed E-state index contributed by atoms with van der Waals surface area (Å²) in [6, 6.07) is 14.0. The number of amides is 1. The van der Waals surface area contributed by atoms with Crippen molar-refractivity contribution in [2.24, 2.45) is 0 Å². The molecule has 0 spiro atoms. The van der Waals surface area contributed by atoms with Crippen molar-refractivity contribution in [3.63, 3.8) is 0 Å². The summed E-state index contributed by atoms with van der Waals surface area (Å²) < 4.78 is 0. The standard InChI is InChI=1S/C19H19N3O2S/c1-11-5-3-4-6-15(11)21-18(24)16-12(2)20-19(25)22-17(16)13-7-9-14(23)10-8-13/h3-10,17,23H,1-2H3,(H,21,24)(H2,20,22,25)/t17-/m0/s1. The van der Waals surface area contributed by atoms with Crippen LogP contribution in [-0.2, 0) is 4.79 Å². The number of aryl methyl sites for hydroxylation is 1. The van der Waals surface area contributed by atoms with E-state index in [-0.39, 0.29) is 11.7 Å². The van der Waals surface area contributed by atoms with E-state index in [1.54, 1.807) is 24.3 Å². The highest BCUT2D eigenvalue weighted by Crippen LogP contribution is 2.29. The Morgan fingerprint density at radius 1 is 1.12 bits per heavy atom. The molecular weight excluding hydrogens is 334 g/mol. The van der Waals surface area contributed by atoms with Crippen LogP contribution in [0.3, 0.4) is 0 Å². The maximum atomic E-state index is 12.9. The smallest absolute Gasteiger partial charge is 0.255 e. The second-order valence-electron chi connectivity index (χ2n) is 5.93. The second kappa shape index (κ2) is 6.94. The highest BCUT2D eigenvalue weighted by Gasteiger charge is 2.30. The van der Waals surface area contributed by atoms with Gasteiger partial charge in [-0.15, -0.1) is 0 Å². The first-order valence-corrected chi connectivity index (χ1v) is 8.30. The number of phenolic OH excluding ortho intramolecular Hbond substituents is 1. The van der Waals surface area contributed by atoms with Gasteiger partial charge in [-0.05, 0) is 55.4 Å². The van der Waals surface area contributed by atoms with Crippen LogP contribution < -0.4 is 16.0 Å². The molecule has 128 valence electrons. The molecule has 3 rings (SSSR count). The number of carbonyl (C=O) groups is 1. The van der Waals surface area contributed by atoms with Gasteiger partial charge in [-0.25, -0.2) is 0 Å². The molecule has 1 heterocycles. The number of aromatic hydroxyl groups is 1. The highest BCUT2D eigenvalue weighted by molar-refractivity contribution is 7.80. The van der Waals surface area contributed by atoms with Crippen molar-refractivity contribution in [1.82, 2.24) is 10.6 Å². The Balaban J connectivity index is 1.96. The van der Waals surface area contributed by atoms with Gasteiger partial charge in [0.25, 0.3) is 5.91 Å². The first-order valence-electron chi connectivity index (χ1n) is 7.90. The summed E-state index contributed by atoms with van der Waals surface area (Å²) in [4.78, 5) is 12.9. The van der Waals surface area contributed by atoms with Crippen molar-refractivity contribution in [2.45, 2.75) is 19.9 Å². The van der Waals surface area contributed by atoms with Gasteiger partial charge in [0.1, 0.15) is 5.75 Å². The minimum atomic E-state index is -0.390. The molecule has 2 aromatic carbocycles. The average Bonchev–Trinajstić information content (AvgIpc) is 2.57. The Morgan fingerprint density at radius 3 is 2.48 bits per heavy atom. The zero-order valence-electron chi connectivity index (χ0n) is 14.0. The van der Waals surface area contributed by atoms with Crippen LogP contribution in [0.1, 0.15) is 24.1 Å². The van der Waals surface area contributed by atoms with E-state index in [0.717, 1.165) is 16.8 Å². The highest BCUT2D eigenvalue weighted by atomic mass is 32.1. The van der Waals surface area contributed by atoms with Crippen molar-refractivity contribution in [2.75, 3.05) is 5.32 Å². The number of hydrogen-bond donors (Lipinski definition) is 4. The fourth-order valence-electron chi connectivity index (χ4n) is 2.81. The molecule has 0 fully saturated rings. The van der Waals surface area contributed by atoms with Gasteiger partial charge in [0, 0.05) is 11.4 Å². The van der Waals surface area contributed by atoms with Gasteiger partial charge >= 0.3 is 0 Å². The van der Waals surface area contributed by atoms with Crippen LogP contribution in [-0.4, -0.2) is 16.1 Å². The maximum Gasteiger partial charge on any atom is 0.255 e. The summed E-state index contributed by atoms with van der Waals surface area (Å²) in [6.45, 7) is 3.77. The first-order chi connectivity index (χ1) is 12.0. The lowest BCUT2D eigenvalue weighted by Crippen LogP contribution is -2.45. The van der Waals surface area contributed by atoms with Crippen molar-refractivity contribution in [3.05, 3.63) is 70.9 Å². The predicted molar refractivity (Wildman–Crippen MR) is 102 cm³/mol. The summed E-state index contributed by atoms with van der Waals surface area (Å²) in [5, 5.41) is 19.1. The third kappa shape index (κ3) is 3.64. The molecule has 1 aliphatic heterocycles. The molecule has 0 saturated heterocycles. The lowest BCUT2D eigenvalue weighted by molar-refractivity contribution is -0.113.